The number of aryl methyl sites for hydroxylation is 1. The molecule has 0 radical (unpaired) electrons. The van der Waals surface area contributed by atoms with Crippen molar-refractivity contribution in [2.45, 2.75) is 18.4 Å². The number of benzene rings is 2. The number of hydrogen-bond acceptors (Lipinski definition) is 6. The van der Waals surface area contributed by atoms with Crippen molar-refractivity contribution >= 4 is 51.1 Å². The molecule has 0 amide bonds. The van der Waals surface area contributed by atoms with Crippen LogP contribution >= 0.6 is 24.0 Å². The van der Waals surface area contributed by atoms with Gasteiger partial charge in [0.05, 0.1) is 9.82 Å². The van der Waals surface area contributed by atoms with Crippen LogP contribution in [0.4, 0.5) is 11.4 Å². The maximum Gasteiger partial charge on any atom is 0.293 e. The molecule has 0 spiro atoms. The Morgan fingerprint density at radius 2 is 1.83 bits per heavy atom. The van der Waals surface area contributed by atoms with Gasteiger partial charge in [-0.15, -0.1) is 24.0 Å². The van der Waals surface area contributed by atoms with E-state index in [1.807, 2.05) is 31.2 Å². The summed E-state index contributed by atoms with van der Waals surface area (Å²) < 4.78 is 23.2. The van der Waals surface area contributed by atoms with Crippen LogP contribution in [-0.4, -0.2) is 45.7 Å². The molecule has 2 aromatic rings. The first-order valence-electron chi connectivity index (χ1n) is 8.93. The van der Waals surface area contributed by atoms with Gasteiger partial charge >= 0.3 is 0 Å². The van der Waals surface area contributed by atoms with Gasteiger partial charge < -0.3 is 16.0 Å². The predicted octanol–water partition coefficient (Wildman–Crippen LogP) is 2.70. The molecule has 0 aliphatic carbocycles. The standard InChI is InChI=1S/C19H25N5O4S.HI/c1-14-6-4-5-7-15(14)13-23-19(20-2)22-11-10-21-17-9-8-16(29(3,27)28)12-18(17)24(25)26;/h4-9,12,21H,10-11,13H2,1-3H3,(H2,20,22,23);1H. The topological polar surface area (TPSA) is 126 Å². The minimum Gasteiger partial charge on any atom is -0.378 e. The molecule has 0 atom stereocenters. The van der Waals surface area contributed by atoms with Crippen LogP contribution in [0.25, 0.3) is 0 Å². The van der Waals surface area contributed by atoms with Gasteiger partial charge in [-0.25, -0.2) is 8.42 Å². The Hall–Kier alpha value is -2.41. The fourth-order valence-corrected chi connectivity index (χ4v) is 3.27. The molecule has 0 aromatic heterocycles. The van der Waals surface area contributed by atoms with Crippen molar-refractivity contribution in [1.82, 2.24) is 10.6 Å². The van der Waals surface area contributed by atoms with Crippen LogP contribution in [0.5, 0.6) is 0 Å². The third-order valence-electron chi connectivity index (χ3n) is 4.26. The van der Waals surface area contributed by atoms with Crippen molar-refractivity contribution in [1.29, 1.82) is 0 Å². The number of aliphatic imine (C=N–C) groups is 1. The summed E-state index contributed by atoms with van der Waals surface area (Å²) in [5.41, 5.74) is 2.32. The maximum atomic E-state index is 11.6. The number of nitro groups is 1. The van der Waals surface area contributed by atoms with E-state index in [-0.39, 0.29) is 40.2 Å². The Balaban J connectivity index is 0.00000450. The molecular formula is C19H26IN5O4S. The number of hydrogen-bond donors (Lipinski definition) is 3. The number of nitrogens with zero attached hydrogens (tertiary/aromatic N) is 2. The number of guanidine groups is 1. The Labute approximate surface area is 193 Å². The lowest BCUT2D eigenvalue weighted by Gasteiger charge is -2.14. The minimum absolute atomic E-state index is 0. The van der Waals surface area contributed by atoms with Crippen LogP contribution < -0.4 is 16.0 Å². The van der Waals surface area contributed by atoms with Crippen molar-refractivity contribution in [3.63, 3.8) is 0 Å². The van der Waals surface area contributed by atoms with Gasteiger partial charge in [0.2, 0.25) is 0 Å². The maximum absolute atomic E-state index is 11.6. The highest BCUT2D eigenvalue weighted by Crippen LogP contribution is 2.27. The second-order valence-electron chi connectivity index (χ2n) is 6.41. The van der Waals surface area contributed by atoms with Crippen molar-refractivity contribution in [2.75, 3.05) is 31.7 Å². The first kappa shape index (κ1) is 25.6. The van der Waals surface area contributed by atoms with Gasteiger partial charge in [-0.1, -0.05) is 24.3 Å². The van der Waals surface area contributed by atoms with Crippen molar-refractivity contribution < 1.29 is 13.3 Å². The molecule has 164 valence electrons. The van der Waals surface area contributed by atoms with Gasteiger partial charge in [0.1, 0.15) is 5.69 Å². The molecule has 2 aromatic carbocycles. The molecule has 3 N–H and O–H groups in total. The fraction of sp³-hybridized carbons (Fsp3) is 0.316. The third-order valence-corrected chi connectivity index (χ3v) is 5.37. The van der Waals surface area contributed by atoms with E-state index < -0.39 is 14.8 Å². The number of rotatable bonds is 8. The van der Waals surface area contributed by atoms with Crippen LogP contribution in [0, 0.1) is 17.0 Å². The average molecular weight is 547 g/mol. The molecule has 0 fully saturated rings. The van der Waals surface area contributed by atoms with Crippen LogP contribution in [0.2, 0.25) is 0 Å². The van der Waals surface area contributed by atoms with Gasteiger partial charge in [0.15, 0.2) is 15.8 Å². The number of anilines is 1. The lowest BCUT2D eigenvalue weighted by atomic mass is 10.1. The lowest BCUT2D eigenvalue weighted by molar-refractivity contribution is -0.384. The largest absolute Gasteiger partial charge is 0.378 e. The van der Waals surface area contributed by atoms with Gasteiger partial charge in [-0.05, 0) is 30.2 Å². The van der Waals surface area contributed by atoms with Gasteiger partial charge in [0, 0.05) is 39.0 Å². The predicted molar refractivity (Wildman–Crippen MR) is 129 cm³/mol. The second kappa shape index (κ2) is 11.7. The third kappa shape index (κ3) is 7.44. The highest BCUT2D eigenvalue weighted by molar-refractivity contribution is 14.0. The summed E-state index contributed by atoms with van der Waals surface area (Å²) in [5, 5.41) is 20.6. The van der Waals surface area contributed by atoms with E-state index in [9.17, 15) is 18.5 Å². The van der Waals surface area contributed by atoms with Gasteiger partial charge in [0.25, 0.3) is 5.69 Å². The normalized spacial score (nSPS) is 11.4. The first-order valence-corrected chi connectivity index (χ1v) is 10.8. The first-order chi connectivity index (χ1) is 13.7. The Morgan fingerprint density at radius 3 is 2.43 bits per heavy atom. The molecule has 9 nitrogen and oxygen atoms in total. The summed E-state index contributed by atoms with van der Waals surface area (Å²) in [6.07, 6.45) is 1.01. The second-order valence-corrected chi connectivity index (χ2v) is 8.43. The van der Waals surface area contributed by atoms with Crippen LogP contribution in [0.15, 0.2) is 52.4 Å². The molecule has 0 heterocycles. The highest BCUT2D eigenvalue weighted by Gasteiger charge is 2.18. The quantitative estimate of drug-likeness (QED) is 0.116. The zero-order valence-electron chi connectivity index (χ0n) is 17.0. The molecule has 0 saturated heterocycles. The summed E-state index contributed by atoms with van der Waals surface area (Å²) in [6, 6.07) is 11.9. The number of halogens is 1. The smallest absolute Gasteiger partial charge is 0.293 e. The van der Waals surface area contributed by atoms with E-state index in [0.717, 1.165) is 17.9 Å². The van der Waals surface area contributed by atoms with Gasteiger partial charge in [-0.3, -0.25) is 15.1 Å². The summed E-state index contributed by atoms with van der Waals surface area (Å²) >= 11 is 0. The Morgan fingerprint density at radius 1 is 1.13 bits per heavy atom. The number of nitro benzene ring substituents is 1. The van der Waals surface area contributed by atoms with E-state index in [0.29, 0.717) is 25.6 Å². The zero-order valence-corrected chi connectivity index (χ0v) is 20.2. The molecule has 11 heteroatoms. The van der Waals surface area contributed by atoms with Crippen LogP contribution in [0.1, 0.15) is 11.1 Å². The number of nitrogens with one attached hydrogen (secondary N) is 3. The summed E-state index contributed by atoms with van der Waals surface area (Å²) in [4.78, 5) is 14.7. The van der Waals surface area contributed by atoms with Crippen molar-refractivity contribution in [3.8, 4) is 0 Å². The van der Waals surface area contributed by atoms with Crippen LogP contribution in [0.3, 0.4) is 0 Å². The van der Waals surface area contributed by atoms with Gasteiger partial charge in [-0.2, -0.15) is 0 Å². The minimum atomic E-state index is -3.52. The molecule has 0 aliphatic rings. The van der Waals surface area contributed by atoms with E-state index >= 15 is 0 Å². The summed E-state index contributed by atoms with van der Waals surface area (Å²) in [5.74, 6) is 0.608. The van der Waals surface area contributed by atoms with E-state index in [4.69, 9.17) is 0 Å². The van der Waals surface area contributed by atoms with E-state index in [1.165, 1.54) is 17.7 Å². The summed E-state index contributed by atoms with van der Waals surface area (Å²) in [6.45, 7) is 3.50. The summed E-state index contributed by atoms with van der Waals surface area (Å²) in [7, 11) is -1.85. The van der Waals surface area contributed by atoms with Crippen LogP contribution in [-0.2, 0) is 16.4 Å². The van der Waals surface area contributed by atoms with Crippen molar-refractivity contribution in [3.05, 3.63) is 63.7 Å². The molecule has 0 aliphatic heterocycles. The molecular weight excluding hydrogens is 521 g/mol. The molecule has 2 rings (SSSR count). The van der Waals surface area contributed by atoms with E-state index in [1.54, 1.807) is 7.05 Å². The SMILES string of the molecule is CN=C(NCCNc1ccc(S(C)(=O)=O)cc1[N+](=O)[O-])NCc1ccccc1C.I. The molecule has 0 bridgehead atoms. The number of sulfone groups is 1. The monoisotopic (exact) mass is 547 g/mol. The zero-order chi connectivity index (χ0) is 21.4. The fourth-order valence-electron chi connectivity index (χ4n) is 2.63. The lowest BCUT2D eigenvalue weighted by Crippen LogP contribution is -2.39. The Kier molecular flexibility index (Phi) is 9.99. The highest BCUT2D eigenvalue weighted by atomic mass is 127. The average Bonchev–Trinajstić information content (AvgIpc) is 2.67. The Bertz CT molecular complexity index is 1010. The van der Waals surface area contributed by atoms with E-state index in [2.05, 4.69) is 20.9 Å². The van der Waals surface area contributed by atoms with Crippen molar-refractivity contribution in [2.24, 2.45) is 4.99 Å². The molecule has 0 saturated carbocycles. The molecule has 30 heavy (non-hydrogen) atoms. The molecule has 0 unspecified atom stereocenters.